The molecule has 2 rings (SSSR count). The molecular weight excluding hydrogens is 214 g/mol. The summed E-state index contributed by atoms with van der Waals surface area (Å²) in [6.07, 6.45) is 1.91. The third-order valence-electron chi connectivity index (χ3n) is 2.79. The smallest absolute Gasteiger partial charge is 0.153 e. The van der Waals surface area contributed by atoms with E-state index < -0.39 is 0 Å². The zero-order valence-corrected chi connectivity index (χ0v) is 10.6. The molecule has 0 amide bonds. The molecule has 1 aromatic carbocycles. The number of nitrogens with two attached hydrogens (primary N) is 1. The second kappa shape index (κ2) is 4.13. The number of aromatic nitrogens is 2. The van der Waals surface area contributed by atoms with Gasteiger partial charge in [-0.3, -0.25) is 4.68 Å². The third-order valence-corrected chi connectivity index (χ3v) is 2.79. The molecule has 0 unspecified atom stereocenters. The Labute approximate surface area is 101 Å². The summed E-state index contributed by atoms with van der Waals surface area (Å²) < 4.78 is 7.14. The lowest BCUT2D eigenvalue weighted by atomic mass is 9.99. The van der Waals surface area contributed by atoms with E-state index in [0.29, 0.717) is 5.82 Å². The lowest BCUT2D eigenvalue weighted by molar-refractivity contribution is 0.416. The minimum absolute atomic E-state index is 0.526. The van der Waals surface area contributed by atoms with Crippen LogP contribution >= 0.6 is 0 Å². The van der Waals surface area contributed by atoms with Crippen LogP contribution in [0, 0.1) is 13.8 Å². The summed E-state index contributed by atoms with van der Waals surface area (Å²) >= 11 is 0. The van der Waals surface area contributed by atoms with Gasteiger partial charge in [0.15, 0.2) is 5.82 Å². The number of aryl methyl sites for hydroxylation is 3. The number of nitrogen functional groups attached to an aromatic ring is 1. The zero-order chi connectivity index (χ0) is 12.6. The first-order chi connectivity index (χ1) is 8.02. The van der Waals surface area contributed by atoms with Gasteiger partial charge in [0, 0.05) is 24.4 Å². The maximum Gasteiger partial charge on any atom is 0.153 e. The lowest BCUT2D eigenvalue weighted by Crippen LogP contribution is -1.95. The van der Waals surface area contributed by atoms with E-state index in [-0.39, 0.29) is 0 Å². The molecule has 0 atom stereocenters. The van der Waals surface area contributed by atoms with Crippen LogP contribution in [0.4, 0.5) is 5.82 Å². The second-order valence-electron chi connectivity index (χ2n) is 4.26. The van der Waals surface area contributed by atoms with Crippen LogP contribution in [-0.2, 0) is 7.05 Å². The first-order valence-electron chi connectivity index (χ1n) is 5.47. The van der Waals surface area contributed by atoms with Gasteiger partial charge in [-0.25, -0.2) is 0 Å². The van der Waals surface area contributed by atoms with Crippen molar-refractivity contribution in [3.05, 3.63) is 29.5 Å². The standard InChI is InChI=1S/C13H17N3O/c1-8-5-9(2)12(11(6-8)17-4)10-7-16(3)15-13(10)14/h5-7H,1-4H3,(H2,14,15). The average molecular weight is 231 g/mol. The molecule has 17 heavy (non-hydrogen) atoms. The highest BCUT2D eigenvalue weighted by Gasteiger charge is 2.15. The van der Waals surface area contributed by atoms with E-state index in [1.165, 1.54) is 5.56 Å². The number of hydrogen-bond donors (Lipinski definition) is 1. The molecule has 2 aromatic rings. The van der Waals surface area contributed by atoms with Crippen molar-refractivity contribution >= 4 is 5.82 Å². The Bertz CT molecular complexity index is 558. The summed E-state index contributed by atoms with van der Waals surface area (Å²) in [4.78, 5) is 0. The van der Waals surface area contributed by atoms with Crippen molar-refractivity contribution in [2.24, 2.45) is 7.05 Å². The van der Waals surface area contributed by atoms with Crippen LogP contribution in [-0.4, -0.2) is 16.9 Å². The van der Waals surface area contributed by atoms with Crippen LogP contribution in [0.3, 0.4) is 0 Å². The Kier molecular flexibility index (Phi) is 2.79. The molecule has 0 aliphatic rings. The van der Waals surface area contributed by atoms with E-state index in [0.717, 1.165) is 22.4 Å². The fourth-order valence-corrected chi connectivity index (χ4v) is 2.13. The largest absolute Gasteiger partial charge is 0.496 e. The van der Waals surface area contributed by atoms with Crippen LogP contribution in [0.2, 0.25) is 0 Å². The molecule has 2 N–H and O–H groups in total. The Morgan fingerprint density at radius 2 is 2.00 bits per heavy atom. The molecule has 0 aliphatic carbocycles. The van der Waals surface area contributed by atoms with Crippen molar-refractivity contribution in [2.75, 3.05) is 12.8 Å². The van der Waals surface area contributed by atoms with Gasteiger partial charge in [0.2, 0.25) is 0 Å². The molecule has 0 aliphatic heterocycles. The maximum absolute atomic E-state index is 5.92. The molecule has 0 radical (unpaired) electrons. The summed E-state index contributed by atoms with van der Waals surface area (Å²) in [5.41, 5.74) is 10.2. The average Bonchev–Trinajstić information content (AvgIpc) is 2.56. The van der Waals surface area contributed by atoms with Gasteiger partial charge in [-0.05, 0) is 31.0 Å². The highest BCUT2D eigenvalue weighted by Crippen LogP contribution is 2.36. The first-order valence-corrected chi connectivity index (χ1v) is 5.47. The fraction of sp³-hybridized carbons (Fsp3) is 0.308. The number of hydrogen-bond acceptors (Lipinski definition) is 3. The number of benzene rings is 1. The van der Waals surface area contributed by atoms with E-state index in [2.05, 4.69) is 18.1 Å². The van der Waals surface area contributed by atoms with Crippen LogP contribution in [0.15, 0.2) is 18.3 Å². The number of anilines is 1. The summed E-state index contributed by atoms with van der Waals surface area (Å²) in [5.74, 6) is 1.36. The topological polar surface area (TPSA) is 53.1 Å². The van der Waals surface area contributed by atoms with Gasteiger partial charge >= 0.3 is 0 Å². The summed E-state index contributed by atoms with van der Waals surface area (Å²) in [5, 5.41) is 4.17. The van der Waals surface area contributed by atoms with Crippen molar-refractivity contribution in [1.29, 1.82) is 0 Å². The van der Waals surface area contributed by atoms with Gasteiger partial charge in [0.05, 0.1) is 7.11 Å². The molecule has 1 heterocycles. The molecule has 1 aromatic heterocycles. The molecular formula is C13H17N3O. The second-order valence-corrected chi connectivity index (χ2v) is 4.26. The molecule has 0 saturated carbocycles. The molecule has 0 bridgehead atoms. The van der Waals surface area contributed by atoms with Crippen LogP contribution < -0.4 is 10.5 Å². The summed E-state index contributed by atoms with van der Waals surface area (Å²) in [7, 11) is 3.53. The van der Waals surface area contributed by atoms with Crippen molar-refractivity contribution in [3.63, 3.8) is 0 Å². The van der Waals surface area contributed by atoms with Crippen LogP contribution in [0.1, 0.15) is 11.1 Å². The van der Waals surface area contributed by atoms with Crippen molar-refractivity contribution in [3.8, 4) is 16.9 Å². The minimum atomic E-state index is 0.526. The Morgan fingerprint density at radius 3 is 2.53 bits per heavy atom. The molecule has 0 spiro atoms. The maximum atomic E-state index is 5.92. The normalized spacial score (nSPS) is 10.6. The molecule has 0 saturated heterocycles. The number of methoxy groups -OCH3 is 1. The van der Waals surface area contributed by atoms with E-state index in [9.17, 15) is 0 Å². The van der Waals surface area contributed by atoms with Crippen molar-refractivity contribution in [2.45, 2.75) is 13.8 Å². The van der Waals surface area contributed by atoms with Gasteiger partial charge < -0.3 is 10.5 Å². The molecule has 0 fully saturated rings. The van der Waals surface area contributed by atoms with Gasteiger partial charge in [0.1, 0.15) is 5.75 Å². The minimum Gasteiger partial charge on any atom is -0.496 e. The van der Waals surface area contributed by atoms with Gasteiger partial charge in [-0.15, -0.1) is 0 Å². The Hall–Kier alpha value is -1.97. The van der Waals surface area contributed by atoms with E-state index in [4.69, 9.17) is 10.5 Å². The van der Waals surface area contributed by atoms with E-state index in [1.807, 2.05) is 26.2 Å². The molecule has 4 heteroatoms. The van der Waals surface area contributed by atoms with Crippen LogP contribution in [0.5, 0.6) is 5.75 Å². The van der Waals surface area contributed by atoms with Crippen LogP contribution in [0.25, 0.3) is 11.1 Å². The van der Waals surface area contributed by atoms with Gasteiger partial charge in [-0.2, -0.15) is 5.10 Å². The predicted molar refractivity (Wildman–Crippen MR) is 69.1 cm³/mol. The van der Waals surface area contributed by atoms with Gasteiger partial charge in [-0.1, -0.05) is 6.07 Å². The fourth-order valence-electron chi connectivity index (χ4n) is 2.13. The summed E-state index contributed by atoms with van der Waals surface area (Å²) in [6.45, 7) is 4.10. The SMILES string of the molecule is COc1cc(C)cc(C)c1-c1cn(C)nc1N. The highest BCUT2D eigenvalue weighted by atomic mass is 16.5. The molecule has 90 valence electrons. The van der Waals surface area contributed by atoms with Crippen molar-refractivity contribution in [1.82, 2.24) is 9.78 Å². The van der Waals surface area contributed by atoms with E-state index >= 15 is 0 Å². The quantitative estimate of drug-likeness (QED) is 0.862. The third kappa shape index (κ3) is 1.98. The highest BCUT2D eigenvalue weighted by molar-refractivity contribution is 5.81. The Morgan fingerprint density at radius 1 is 1.29 bits per heavy atom. The predicted octanol–water partition coefficient (Wildman–Crippen LogP) is 2.29. The Balaban J connectivity index is 2.70. The summed E-state index contributed by atoms with van der Waals surface area (Å²) in [6, 6.07) is 4.12. The number of rotatable bonds is 2. The number of ether oxygens (including phenoxy) is 1. The zero-order valence-electron chi connectivity index (χ0n) is 10.6. The first kappa shape index (κ1) is 11.5. The number of nitrogens with zero attached hydrogens (tertiary/aromatic N) is 2. The van der Waals surface area contributed by atoms with Gasteiger partial charge in [0.25, 0.3) is 0 Å². The lowest BCUT2D eigenvalue weighted by Gasteiger charge is -2.12. The van der Waals surface area contributed by atoms with E-state index in [1.54, 1.807) is 11.8 Å². The monoisotopic (exact) mass is 231 g/mol. The van der Waals surface area contributed by atoms with Crippen molar-refractivity contribution < 1.29 is 4.74 Å². The molecule has 4 nitrogen and oxygen atoms in total.